The standard InChI is InChI=1S/C19H34N2O2/c1-19(2,3)23-18(22)21-13-7-6-12-20-17-11-10-15-8-4-5-9-16(15)14-17/h6-7,15-17,20H,4-5,8-14H2,1-3H3,(H,21,22)/b7-6+. The van der Waals surface area contributed by atoms with Gasteiger partial charge in [-0.15, -0.1) is 0 Å². The maximum absolute atomic E-state index is 11.5. The average Bonchev–Trinajstić information content (AvgIpc) is 2.49. The molecule has 23 heavy (non-hydrogen) atoms. The molecule has 0 bridgehead atoms. The zero-order chi connectivity index (χ0) is 16.7. The van der Waals surface area contributed by atoms with Gasteiger partial charge in [0.2, 0.25) is 0 Å². The minimum atomic E-state index is -0.437. The Kier molecular flexibility index (Phi) is 6.94. The van der Waals surface area contributed by atoms with Crippen LogP contribution in [0.15, 0.2) is 12.2 Å². The quantitative estimate of drug-likeness (QED) is 0.752. The van der Waals surface area contributed by atoms with Crippen molar-refractivity contribution in [1.82, 2.24) is 10.6 Å². The van der Waals surface area contributed by atoms with E-state index in [1.54, 1.807) is 0 Å². The maximum Gasteiger partial charge on any atom is 0.407 e. The Bertz CT molecular complexity index is 401. The van der Waals surface area contributed by atoms with E-state index in [1.165, 1.54) is 44.9 Å². The van der Waals surface area contributed by atoms with E-state index < -0.39 is 5.60 Å². The van der Waals surface area contributed by atoms with Crippen molar-refractivity contribution in [3.05, 3.63) is 12.2 Å². The van der Waals surface area contributed by atoms with Crippen LogP contribution in [0.5, 0.6) is 0 Å². The summed E-state index contributed by atoms with van der Waals surface area (Å²) in [6.07, 6.45) is 13.6. The summed E-state index contributed by atoms with van der Waals surface area (Å²) < 4.78 is 5.19. The van der Waals surface area contributed by atoms with Crippen LogP contribution in [0.3, 0.4) is 0 Å². The lowest BCUT2D eigenvalue weighted by molar-refractivity contribution is 0.0534. The van der Waals surface area contributed by atoms with E-state index >= 15 is 0 Å². The van der Waals surface area contributed by atoms with Crippen molar-refractivity contribution in [3.63, 3.8) is 0 Å². The molecule has 0 heterocycles. The summed E-state index contributed by atoms with van der Waals surface area (Å²) in [7, 11) is 0. The smallest absolute Gasteiger partial charge is 0.407 e. The molecule has 2 fully saturated rings. The first kappa shape index (κ1) is 18.3. The molecule has 1 amide bonds. The van der Waals surface area contributed by atoms with Gasteiger partial charge in [0.15, 0.2) is 0 Å². The highest BCUT2D eigenvalue weighted by molar-refractivity contribution is 5.67. The molecule has 3 atom stereocenters. The van der Waals surface area contributed by atoms with Gasteiger partial charge in [-0.25, -0.2) is 4.79 Å². The average molecular weight is 322 g/mol. The van der Waals surface area contributed by atoms with E-state index in [9.17, 15) is 4.79 Å². The topological polar surface area (TPSA) is 50.4 Å². The normalized spacial score (nSPS) is 28.4. The van der Waals surface area contributed by atoms with Gasteiger partial charge in [0.1, 0.15) is 5.60 Å². The first-order valence-electron chi connectivity index (χ1n) is 9.29. The van der Waals surface area contributed by atoms with Crippen LogP contribution in [0.2, 0.25) is 0 Å². The minimum absolute atomic E-state index is 0.356. The molecule has 2 N–H and O–H groups in total. The molecule has 0 aromatic heterocycles. The second-order valence-corrected chi connectivity index (χ2v) is 8.08. The predicted octanol–water partition coefficient (Wildman–Crippen LogP) is 4.02. The Labute approximate surface area is 141 Å². The molecule has 4 heteroatoms. The molecule has 132 valence electrons. The molecule has 0 aromatic carbocycles. The van der Waals surface area contributed by atoms with Crippen molar-refractivity contribution in [2.45, 2.75) is 77.4 Å². The van der Waals surface area contributed by atoms with Gasteiger partial charge >= 0.3 is 6.09 Å². The van der Waals surface area contributed by atoms with Crippen LogP contribution in [0.25, 0.3) is 0 Å². The van der Waals surface area contributed by atoms with Crippen molar-refractivity contribution >= 4 is 6.09 Å². The van der Waals surface area contributed by atoms with Gasteiger partial charge in [0, 0.05) is 19.1 Å². The monoisotopic (exact) mass is 322 g/mol. The maximum atomic E-state index is 11.5. The predicted molar refractivity (Wildman–Crippen MR) is 94.5 cm³/mol. The summed E-state index contributed by atoms with van der Waals surface area (Å²) in [6.45, 7) is 7.01. The van der Waals surface area contributed by atoms with Gasteiger partial charge in [-0.2, -0.15) is 0 Å². The Morgan fingerprint density at radius 2 is 1.74 bits per heavy atom. The SMILES string of the molecule is CC(C)(C)OC(=O)NC/C=C/CNC1CCC2CCCCC2C1. The number of carbonyl (C=O) groups is 1. The zero-order valence-electron chi connectivity index (χ0n) is 15.1. The molecule has 2 rings (SSSR count). The van der Waals surface area contributed by atoms with E-state index in [-0.39, 0.29) is 6.09 Å². The number of alkyl carbamates (subject to hydrolysis) is 1. The molecule has 0 aromatic rings. The number of nitrogens with one attached hydrogen (secondary N) is 2. The molecule has 2 aliphatic rings. The summed E-state index contributed by atoms with van der Waals surface area (Å²) >= 11 is 0. The van der Waals surface area contributed by atoms with Gasteiger partial charge in [0.25, 0.3) is 0 Å². The van der Waals surface area contributed by atoms with Gasteiger partial charge in [-0.1, -0.05) is 37.8 Å². The van der Waals surface area contributed by atoms with Gasteiger partial charge in [-0.05, 0) is 51.9 Å². The largest absolute Gasteiger partial charge is 0.444 e. The Hall–Kier alpha value is -1.03. The molecule has 0 aliphatic heterocycles. The Balaban J connectivity index is 1.55. The third-order valence-corrected chi connectivity index (χ3v) is 4.99. The third kappa shape index (κ3) is 6.94. The van der Waals surface area contributed by atoms with Gasteiger partial charge in [-0.3, -0.25) is 0 Å². The minimum Gasteiger partial charge on any atom is -0.444 e. The molecule has 0 saturated heterocycles. The lowest BCUT2D eigenvalue weighted by Crippen LogP contribution is -2.38. The fourth-order valence-corrected chi connectivity index (χ4v) is 3.92. The van der Waals surface area contributed by atoms with Crippen molar-refractivity contribution in [2.24, 2.45) is 11.8 Å². The van der Waals surface area contributed by atoms with Crippen molar-refractivity contribution in [3.8, 4) is 0 Å². The summed E-state index contributed by atoms with van der Waals surface area (Å²) in [5.74, 6) is 1.98. The molecule has 2 aliphatic carbocycles. The summed E-state index contributed by atoms with van der Waals surface area (Å²) in [4.78, 5) is 11.5. The van der Waals surface area contributed by atoms with Crippen LogP contribution in [0.4, 0.5) is 4.79 Å². The second kappa shape index (κ2) is 8.72. The first-order chi connectivity index (χ1) is 10.9. The lowest BCUT2D eigenvalue weighted by Gasteiger charge is -2.39. The highest BCUT2D eigenvalue weighted by Crippen LogP contribution is 2.40. The third-order valence-electron chi connectivity index (χ3n) is 4.99. The number of hydrogen-bond donors (Lipinski definition) is 2. The number of hydrogen-bond acceptors (Lipinski definition) is 3. The van der Waals surface area contributed by atoms with Crippen LogP contribution >= 0.6 is 0 Å². The Morgan fingerprint density at radius 3 is 2.48 bits per heavy atom. The fourth-order valence-electron chi connectivity index (χ4n) is 3.92. The molecular formula is C19H34N2O2. The summed E-state index contributed by atoms with van der Waals surface area (Å²) in [6, 6.07) is 0.679. The highest BCUT2D eigenvalue weighted by Gasteiger charge is 2.31. The van der Waals surface area contributed by atoms with Crippen LogP contribution in [-0.2, 0) is 4.74 Å². The van der Waals surface area contributed by atoms with E-state index in [4.69, 9.17) is 4.74 Å². The number of rotatable bonds is 5. The van der Waals surface area contributed by atoms with E-state index in [2.05, 4.69) is 16.7 Å². The molecular weight excluding hydrogens is 288 g/mol. The summed E-state index contributed by atoms with van der Waals surface area (Å²) in [5.41, 5.74) is -0.437. The summed E-state index contributed by atoms with van der Waals surface area (Å²) in [5, 5.41) is 6.39. The van der Waals surface area contributed by atoms with E-state index in [0.29, 0.717) is 12.6 Å². The van der Waals surface area contributed by atoms with E-state index in [0.717, 1.165) is 18.4 Å². The van der Waals surface area contributed by atoms with Gasteiger partial charge in [0.05, 0.1) is 0 Å². The van der Waals surface area contributed by atoms with Crippen molar-refractivity contribution in [2.75, 3.05) is 13.1 Å². The Morgan fingerprint density at radius 1 is 1.04 bits per heavy atom. The van der Waals surface area contributed by atoms with Crippen LogP contribution in [0, 0.1) is 11.8 Å². The zero-order valence-corrected chi connectivity index (χ0v) is 15.1. The first-order valence-corrected chi connectivity index (χ1v) is 9.29. The fraction of sp³-hybridized carbons (Fsp3) is 0.842. The second-order valence-electron chi connectivity index (χ2n) is 8.08. The van der Waals surface area contributed by atoms with Crippen LogP contribution in [0.1, 0.15) is 65.7 Å². The molecule has 0 radical (unpaired) electrons. The van der Waals surface area contributed by atoms with Gasteiger partial charge < -0.3 is 15.4 Å². The number of carbonyl (C=O) groups excluding carboxylic acids is 1. The molecule has 0 spiro atoms. The van der Waals surface area contributed by atoms with Crippen molar-refractivity contribution < 1.29 is 9.53 Å². The lowest BCUT2D eigenvalue weighted by atomic mass is 9.69. The highest BCUT2D eigenvalue weighted by atomic mass is 16.6. The van der Waals surface area contributed by atoms with Crippen LogP contribution < -0.4 is 10.6 Å². The number of amides is 1. The van der Waals surface area contributed by atoms with Crippen molar-refractivity contribution in [1.29, 1.82) is 0 Å². The molecule has 4 nitrogen and oxygen atoms in total. The number of ether oxygens (including phenoxy) is 1. The van der Waals surface area contributed by atoms with E-state index in [1.807, 2.05) is 26.8 Å². The number of fused-ring (bicyclic) bond motifs is 1. The van der Waals surface area contributed by atoms with Crippen LogP contribution in [-0.4, -0.2) is 30.8 Å². The molecule has 2 saturated carbocycles. The molecule has 3 unspecified atom stereocenters.